The van der Waals surface area contributed by atoms with E-state index in [1.807, 2.05) is 5.10 Å². The van der Waals surface area contributed by atoms with Crippen molar-refractivity contribution >= 4 is 12.2 Å². The summed E-state index contributed by atoms with van der Waals surface area (Å²) in [4.78, 5) is 20.8. The molecule has 0 fully saturated rings. The quantitative estimate of drug-likeness (QED) is 0.327. The van der Waals surface area contributed by atoms with E-state index in [9.17, 15) is 9.59 Å². The van der Waals surface area contributed by atoms with Crippen LogP contribution in [-0.4, -0.2) is 15.4 Å². The maximum absolute atomic E-state index is 10.5. The molecule has 48 valence electrons. The number of nitrogens with one attached hydrogen (secondary N) is 3. The van der Waals surface area contributed by atoms with E-state index < -0.39 is 11.0 Å². The Kier molecular flexibility index (Phi) is 1.31. The molecule has 0 aliphatic heterocycles. The second-order valence-corrected chi connectivity index (χ2v) is 1.77. The van der Waals surface area contributed by atoms with Gasteiger partial charge in [-0.1, -0.05) is 12.2 Å². The van der Waals surface area contributed by atoms with Crippen molar-refractivity contribution in [2.24, 2.45) is 0 Å². The minimum Gasteiger partial charge on any atom is -0.280 e. The fourth-order valence-corrected chi connectivity index (χ4v) is 0.505. The van der Waals surface area contributed by atoms with Crippen LogP contribution in [0.15, 0.2) is 9.59 Å². The molecule has 0 aliphatic carbocycles. The van der Waals surface area contributed by atoms with Gasteiger partial charge in [-0.05, 0) is 0 Å². The van der Waals surface area contributed by atoms with Crippen molar-refractivity contribution in [3.05, 3.63) is 25.2 Å². The Morgan fingerprint density at radius 1 is 1.22 bits per heavy atom. The van der Waals surface area contributed by atoms with Gasteiger partial charge in [-0.25, -0.2) is 10.3 Å². The average molecular weight is 145 g/mol. The largest absolute Gasteiger partial charge is 0.314 e. The molecule has 1 rings (SSSR count). The van der Waals surface area contributed by atoms with Gasteiger partial charge in [-0.3, -0.25) is 14.7 Å². The topological polar surface area (TPSA) is 81.5 Å². The molecule has 0 unspecified atom stereocenters. The summed E-state index contributed by atoms with van der Waals surface area (Å²) in [5, 5.41) is 6.49. The van der Waals surface area contributed by atoms with Gasteiger partial charge >= 0.3 is 5.56 Å². The molecule has 9 heavy (non-hydrogen) atoms. The number of hydrogen-bond acceptors (Lipinski definition) is 3. The monoisotopic (exact) mass is 145 g/mol. The Bertz CT molecular complexity index is 327. The Morgan fingerprint density at radius 2 is 1.89 bits per heavy atom. The molecular formula is C3H3N3O2S. The van der Waals surface area contributed by atoms with Gasteiger partial charge in [0.15, 0.2) is 4.64 Å². The third-order valence-electron chi connectivity index (χ3n) is 0.765. The van der Waals surface area contributed by atoms with E-state index in [-0.39, 0.29) is 4.64 Å². The van der Waals surface area contributed by atoms with Crippen LogP contribution in [0.3, 0.4) is 0 Å². The molecule has 0 atom stereocenters. The van der Waals surface area contributed by atoms with Crippen LogP contribution < -0.4 is 11.0 Å². The molecular weight excluding hydrogens is 142 g/mol. The van der Waals surface area contributed by atoms with Crippen LogP contribution in [0.1, 0.15) is 0 Å². The number of H-pyrrole nitrogens is 3. The Hall–Kier alpha value is -1.17. The Morgan fingerprint density at radius 3 is 2.33 bits per heavy atom. The minimum absolute atomic E-state index is 0.112. The first kappa shape index (κ1) is 5.96. The fourth-order valence-electron chi connectivity index (χ4n) is 0.361. The van der Waals surface area contributed by atoms with Crippen LogP contribution in [0.5, 0.6) is 0 Å². The van der Waals surface area contributed by atoms with Crippen molar-refractivity contribution in [2.45, 2.75) is 0 Å². The zero-order chi connectivity index (χ0) is 6.85. The lowest BCUT2D eigenvalue weighted by molar-refractivity contribution is 0.819. The molecule has 1 heterocycles. The molecule has 0 radical (unpaired) electrons. The number of aromatic nitrogens is 3. The summed E-state index contributed by atoms with van der Waals surface area (Å²) < 4.78 is -0.112. The van der Waals surface area contributed by atoms with Crippen molar-refractivity contribution in [1.29, 1.82) is 0 Å². The highest BCUT2D eigenvalue weighted by atomic mass is 32.1. The van der Waals surface area contributed by atoms with Crippen molar-refractivity contribution in [2.75, 3.05) is 0 Å². The summed E-state index contributed by atoms with van der Waals surface area (Å²) in [7, 11) is 0. The first-order chi connectivity index (χ1) is 4.22. The lowest BCUT2D eigenvalue weighted by Gasteiger charge is -1.80. The molecule has 1 aromatic heterocycles. The average Bonchev–Trinajstić information content (AvgIpc) is 1.83. The van der Waals surface area contributed by atoms with Gasteiger partial charge in [0.2, 0.25) is 0 Å². The summed E-state index contributed by atoms with van der Waals surface area (Å²) in [6, 6.07) is 0. The highest BCUT2D eigenvalue weighted by Crippen LogP contribution is 1.57. The van der Waals surface area contributed by atoms with Gasteiger partial charge in [-0.2, -0.15) is 0 Å². The summed E-state index contributed by atoms with van der Waals surface area (Å²) in [6.45, 7) is 0. The second kappa shape index (κ2) is 1.98. The predicted octanol–water partition coefficient (Wildman–Crippen LogP) is -0.879. The van der Waals surface area contributed by atoms with Crippen molar-refractivity contribution < 1.29 is 0 Å². The van der Waals surface area contributed by atoms with Crippen LogP contribution in [0, 0.1) is 4.64 Å². The molecule has 0 saturated heterocycles. The summed E-state index contributed by atoms with van der Waals surface area (Å²) in [5.41, 5.74) is -1.46. The third kappa shape index (κ3) is 0.968. The molecule has 0 aliphatic rings. The van der Waals surface area contributed by atoms with E-state index >= 15 is 0 Å². The Labute approximate surface area is 53.7 Å². The van der Waals surface area contributed by atoms with Gasteiger partial charge in [0, 0.05) is 0 Å². The molecule has 0 bridgehead atoms. The van der Waals surface area contributed by atoms with Crippen molar-refractivity contribution in [3.63, 3.8) is 0 Å². The van der Waals surface area contributed by atoms with Crippen LogP contribution in [0.4, 0.5) is 0 Å². The highest BCUT2D eigenvalue weighted by molar-refractivity contribution is 7.71. The highest BCUT2D eigenvalue weighted by Gasteiger charge is 1.90. The van der Waals surface area contributed by atoms with E-state index in [1.165, 1.54) is 0 Å². The van der Waals surface area contributed by atoms with Crippen LogP contribution >= 0.6 is 12.2 Å². The zero-order valence-electron chi connectivity index (χ0n) is 4.22. The normalized spacial score (nSPS) is 9.33. The van der Waals surface area contributed by atoms with E-state index in [2.05, 4.69) is 22.5 Å². The van der Waals surface area contributed by atoms with Crippen molar-refractivity contribution in [1.82, 2.24) is 15.4 Å². The fraction of sp³-hybridized carbons (Fsp3) is 0. The van der Waals surface area contributed by atoms with E-state index in [0.717, 1.165) is 0 Å². The molecule has 0 aromatic carbocycles. The van der Waals surface area contributed by atoms with Crippen LogP contribution in [0.25, 0.3) is 0 Å². The van der Waals surface area contributed by atoms with Crippen LogP contribution in [-0.2, 0) is 0 Å². The van der Waals surface area contributed by atoms with Gasteiger partial charge in [0.05, 0.1) is 0 Å². The smallest absolute Gasteiger partial charge is 0.280 e. The first-order valence-electron chi connectivity index (χ1n) is 2.11. The molecule has 3 N–H and O–H groups in total. The second-order valence-electron chi connectivity index (χ2n) is 1.36. The Balaban J connectivity index is 3.85. The third-order valence-corrected chi connectivity index (χ3v) is 1.05. The van der Waals surface area contributed by atoms with E-state index in [4.69, 9.17) is 0 Å². The van der Waals surface area contributed by atoms with Gasteiger partial charge in [0.1, 0.15) is 0 Å². The molecule has 1 aromatic rings. The lowest BCUT2D eigenvalue weighted by Crippen LogP contribution is -2.28. The standard InChI is InChI=1S/C3H3N3O2S/c7-1-2(8)4-6-5-3(1)9/h(H,6,7)(H2,4,5,8,9). The van der Waals surface area contributed by atoms with E-state index in [1.54, 1.807) is 0 Å². The summed E-state index contributed by atoms with van der Waals surface area (Å²) >= 11 is 4.42. The van der Waals surface area contributed by atoms with Crippen molar-refractivity contribution in [3.8, 4) is 0 Å². The predicted molar refractivity (Wildman–Crippen MR) is 32.9 cm³/mol. The van der Waals surface area contributed by atoms with Crippen LogP contribution in [0.2, 0.25) is 0 Å². The molecule has 0 saturated carbocycles. The number of aromatic amines is 3. The summed E-state index contributed by atoms with van der Waals surface area (Å²) in [6.07, 6.45) is 0. The lowest BCUT2D eigenvalue weighted by atomic mass is 10.7. The number of rotatable bonds is 0. The maximum atomic E-state index is 10.5. The molecule has 0 amide bonds. The summed E-state index contributed by atoms with van der Waals surface area (Å²) in [5.74, 6) is 0. The number of hydrogen-bond donors (Lipinski definition) is 3. The van der Waals surface area contributed by atoms with Gasteiger partial charge < -0.3 is 0 Å². The molecule has 6 heteroatoms. The van der Waals surface area contributed by atoms with E-state index in [0.29, 0.717) is 0 Å². The SMILES string of the molecule is O=c1[nH][nH][nH]c(=S)c1=O. The first-order valence-corrected chi connectivity index (χ1v) is 2.52. The zero-order valence-corrected chi connectivity index (χ0v) is 5.04. The molecule has 0 spiro atoms. The van der Waals surface area contributed by atoms with Gasteiger partial charge in [0.25, 0.3) is 5.43 Å². The maximum Gasteiger partial charge on any atom is 0.314 e. The van der Waals surface area contributed by atoms with Gasteiger partial charge in [-0.15, -0.1) is 0 Å². The minimum atomic E-state index is -0.737. The molecule has 5 nitrogen and oxygen atoms in total.